The normalized spacial score (nSPS) is 9.38. The van der Waals surface area contributed by atoms with Gasteiger partial charge in [-0.15, -0.1) is 0 Å². The number of allylic oxidation sites excluding steroid dienone is 1. The summed E-state index contributed by atoms with van der Waals surface area (Å²) in [5.41, 5.74) is 2.11. The van der Waals surface area contributed by atoms with Gasteiger partial charge in [-0.1, -0.05) is 25.3 Å². The van der Waals surface area contributed by atoms with E-state index in [1.807, 2.05) is 24.3 Å². The van der Waals surface area contributed by atoms with Gasteiger partial charge < -0.3 is 10.1 Å². The molecule has 0 atom stereocenters. The van der Waals surface area contributed by atoms with E-state index in [1.165, 1.54) is 6.92 Å². The summed E-state index contributed by atoms with van der Waals surface area (Å²) in [6.07, 6.45) is 0. The maximum Gasteiger partial charge on any atom is 0.221 e. The van der Waals surface area contributed by atoms with Crippen LogP contribution in [0.1, 0.15) is 12.5 Å². The zero-order valence-corrected chi connectivity index (χ0v) is 9.54. The molecule has 0 bridgehead atoms. The van der Waals surface area contributed by atoms with Crippen molar-refractivity contribution in [2.45, 2.75) is 6.92 Å². The Kier molecular flexibility index (Phi) is 3.89. The Hall–Kier alpha value is -2.03. The third-order valence-corrected chi connectivity index (χ3v) is 2.13. The first-order chi connectivity index (χ1) is 7.54. The van der Waals surface area contributed by atoms with Crippen molar-refractivity contribution in [1.29, 1.82) is 0 Å². The predicted molar refractivity (Wildman–Crippen MR) is 65.0 cm³/mol. The summed E-state index contributed by atoms with van der Waals surface area (Å²) in [4.78, 5) is 10.9. The van der Waals surface area contributed by atoms with Gasteiger partial charge in [0.15, 0.2) is 0 Å². The van der Waals surface area contributed by atoms with Crippen molar-refractivity contribution in [3.05, 3.63) is 48.7 Å². The molecule has 0 aliphatic heterocycles. The molecule has 1 amide bonds. The number of hydrogen-bond acceptors (Lipinski definition) is 2. The fourth-order valence-electron chi connectivity index (χ4n) is 1.25. The summed E-state index contributed by atoms with van der Waals surface area (Å²) in [6.45, 7) is 9.07. The first-order valence-electron chi connectivity index (χ1n) is 4.84. The lowest BCUT2D eigenvalue weighted by atomic mass is 10.1. The van der Waals surface area contributed by atoms with Gasteiger partial charge in [0.1, 0.15) is 5.75 Å². The minimum Gasteiger partial charge on any atom is -0.497 e. The zero-order valence-electron chi connectivity index (χ0n) is 9.54. The monoisotopic (exact) mass is 217 g/mol. The van der Waals surface area contributed by atoms with E-state index in [0.29, 0.717) is 11.3 Å². The Balaban J connectivity index is 2.80. The average molecular weight is 217 g/mol. The van der Waals surface area contributed by atoms with Crippen LogP contribution in [0.5, 0.6) is 5.75 Å². The third kappa shape index (κ3) is 2.98. The molecule has 0 unspecified atom stereocenters. The van der Waals surface area contributed by atoms with E-state index in [0.717, 1.165) is 11.3 Å². The standard InChI is InChI=1S/C13H15NO2/c1-9(10(2)14-11(3)15)12-5-7-13(16-4)8-6-12/h5-8H,1-2H2,3-4H3,(H,14,15). The Morgan fingerprint density at radius 3 is 2.25 bits per heavy atom. The molecule has 84 valence electrons. The van der Waals surface area contributed by atoms with Crippen LogP contribution in [0.15, 0.2) is 43.1 Å². The summed E-state index contributed by atoms with van der Waals surface area (Å²) >= 11 is 0. The number of benzene rings is 1. The number of carbonyl (C=O) groups excluding carboxylic acids is 1. The molecule has 1 rings (SSSR count). The van der Waals surface area contributed by atoms with Gasteiger partial charge in [0.25, 0.3) is 0 Å². The maximum atomic E-state index is 10.9. The number of hydrogen-bond donors (Lipinski definition) is 1. The third-order valence-electron chi connectivity index (χ3n) is 2.13. The highest BCUT2D eigenvalue weighted by molar-refractivity contribution is 5.84. The molecule has 0 saturated heterocycles. The number of ether oxygens (including phenoxy) is 1. The van der Waals surface area contributed by atoms with Crippen LogP contribution < -0.4 is 10.1 Å². The van der Waals surface area contributed by atoms with E-state index in [-0.39, 0.29) is 5.91 Å². The molecule has 0 saturated carbocycles. The average Bonchev–Trinajstić information content (AvgIpc) is 2.27. The largest absolute Gasteiger partial charge is 0.497 e. The predicted octanol–water partition coefficient (Wildman–Crippen LogP) is 2.36. The van der Waals surface area contributed by atoms with E-state index < -0.39 is 0 Å². The second-order valence-electron chi connectivity index (χ2n) is 3.37. The van der Waals surface area contributed by atoms with Crippen LogP contribution >= 0.6 is 0 Å². The van der Waals surface area contributed by atoms with Crippen molar-refractivity contribution in [3.63, 3.8) is 0 Å². The lowest BCUT2D eigenvalue weighted by molar-refractivity contribution is -0.118. The maximum absolute atomic E-state index is 10.9. The minimum atomic E-state index is -0.153. The topological polar surface area (TPSA) is 38.3 Å². The van der Waals surface area contributed by atoms with Gasteiger partial charge in [-0.3, -0.25) is 4.79 Å². The Labute approximate surface area is 95.4 Å². The Bertz CT molecular complexity index is 418. The van der Waals surface area contributed by atoms with Crippen LogP contribution in [0, 0.1) is 0 Å². The van der Waals surface area contributed by atoms with Gasteiger partial charge in [0, 0.05) is 12.6 Å². The van der Waals surface area contributed by atoms with Crippen LogP contribution in [0.25, 0.3) is 5.57 Å². The molecule has 0 aliphatic rings. The summed E-state index contributed by atoms with van der Waals surface area (Å²) in [5.74, 6) is 0.626. The molecule has 0 aromatic heterocycles. The number of amides is 1. The number of rotatable bonds is 4. The van der Waals surface area contributed by atoms with Crippen LogP contribution in [-0.4, -0.2) is 13.0 Å². The molecule has 1 N–H and O–H groups in total. The highest BCUT2D eigenvalue weighted by Crippen LogP contribution is 2.20. The molecule has 0 fully saturated rings. The lowest BCUT2D eigenvalue weighted by Gasteiger charge is -2.10. The summed E-state index contributed by atoms with van der Waals surface area (Å²) in [7, 11) is 1.61. The van der Waals surface area contributed by atoms with Crippen molar-refractivity contribution in [2.75, 3.05) is 7.11 Å². The molecular weight excluding hydrogens is 202 g/mol. The van der Waals surface area contributed by atoms with Crippen LogP contribution in [0.4, 0.5) is 0 Å². The zero-order chi connectivity index (χ0) is 12.1. The quantitative estimate of drug-likeness (QED) is 0.786. The second kappa shape index (κ2) is 5.16. The smallest absolute Gasteiger partial charge is 0.221 e. The molecule has 1 aromatic carbocycles. The van der Waals surface area contributed by atoms with Crippen molar-refractivity contribution in [3.8, 4) is 5.75 Å². The Morgan fingerprint density at radius 1 is 1.25 bits per heavy atom. The van der Waals surface area contributed by atoms with Crippen molar-refractivity contribution >= 4 is 11.5 Å². The van der Waals surface area contributed by atoms with Gasteiger partial charge >= 0.3 is 0 Å². The van der Waals surface area contributed by atoms with E-state index in [9.17, 15) is 4.79 Å². The first-order valence-corrected chi connectivity index (χ1v) is 4.84. The second-order valence-corrected chi connectivity index (χ2v) is 3.37. The fraction of sp³-hybridized carbons (Fsp3) is 0.154. The van der Waals surface area contributed by atoms with E-state index in [2.05, 4.69) is 18.5 Å². The highest BCUT2D eigenvalue weighted by atomic mass is 16.5. The van der Waals surface area contributed by atoms with Gasteiger partial charge in [0.05, 0.1) is 7.11 Å². The molecule has 0 spiro atoms. The molecule has 3 heteroatoms. The number of methoxy groups -OCH3 is 1. The van der Waals surface area contributed by atoms with Crippen molar-refractivity contribution in [2.24, 2.45) is 0 Å². The molecule has 0 radical (unpaired) electrons. The Morgan fingerprint density at radius 2 is 1.81 bits per heavy atom. The number of nitrogens with one attached hydrogen (secondary N) is 1. The van der Waals surface area contributed by atoms with E-state index >= 15 is 0 Å². The molecule has 16 heavy (non-hydrogen) atoms. The summed E-state index contributed by atoms with van der Waals surface area (Å²) < 4.78 is 5.05. The van der Waals surface area contributed by atoms with Gasteiger partial charge in [-0.2, -0.15) is 0 Å². The van der Waals surface area contributed by atoms with Gasteiger partial charge in [-0.25, -0.2) is 0 Å². The first kappa shape index (κ1) is 12.0. The number of carbonyl (C=O) groups is 1. The van der Waals surface area contributed by atoms with Crippen LogP contribution in [0.2, 0.25) is 0 Å². The molecule has 0 aliphatic carbocycles. The SMILES string of the molecule is C=C(NC(C)=O)C(=C)c1ccc(OC)cc1. The summed E-state index contributed by atoms with van der Waals surface area (Å²) in [5, 5.41) is 2.61. The van der Waals surface area contributed by atoms with Crippen molar-refractivity contribution < 1.29 is 9.53 Å². The molecule has 3 nitrogen and oxygen atoms in total. The fourth-order valence-corrected chi connectivity index (χ4v) is 1.25. The molecular formula is C13H15NO2. The minimum absolute atomic E-state index is 0.153. The highest BCUT2D eigenvalue weighted by Gasteiger charge is 2.04. The van der Waals surface area contributed by atoms with Crippen molar-refractivity contribution in [1.82, 2.24) is 5.32 Å². The van der Waals surface area contributed by atoms with E-state index in [4.69, 9.17) is 4.74 Å². The molecule has 0 heterocycles. The van der Waals surface area contributed by atoms with Gasteiger partial charge in [0.2, 0.25) is 5.91 Å². The van der Waals surface area contributed by atoms with Crippen LogP contribution in [0.3, 0.4) is 0 Å². The lowest BCUT2D eigenvalue weighted by Crippen LogP contribution is -2.18. The summed E-state index contributed by atoms with van der Waals surface area (Å²) in [6, 6.07) is 7.41. The van der Waals surface area contributed by atoms with Gasteiger partial charge in [-0.05, 0) is 23.3 Å². The molecule has 1 aromatic rings. The van der Waals surface area contributed by atoms with Crippen LogP contribution in [-0.2, 0) is 4.79 Å². The van der Waals surface area contributed by atoms with E-state index in [1.54, 1.807) is 7.11 Å².